The molecule has 2 aromatic rings. The van der Waals surface area contributed by atoms with Crippen LogP contribution >= 0.6 is 49.9 Å². The number of benzene rings is 1. The molecule has 0 aliphatic rings. The maximum atomic E-state index is 3.60. The van der Waals surface area contributed by atoms with E-state index in [0.717, 1.165) is 6.42 Å². The van der Waals surface area contributed by atoms with Gasteiger partial charge in [-0.3, -0.25) is 0 Å². The van der Waals surface area contributed by atoms with E-state index in [9.17, 15) is 0 Å². The van der Waals surface area contributed by atoms with E-state index in [1.165, 1.54) is 23.7 Å². The first-order valence-corrected chi connectivity index (χ1v) is 6.83. The second kappa shape index (κ2) is 3.87. The molecule has 0 amide bonds. The average molecular weight is 367 g/mol. The monoisotopic (exact) mass is 366 g/mol. The SMILES string of the molecule is CCc1c(I)ccc2scc(Br)c12. The van der Waals surface area contributed by atoms with Crippen LogP contribution in [0.25, 0.3) is 10.1 Å². The first-order chi connectivity index (χ1) is 6.24. The lowest BCUT2D eigenvalue weighted by Gasteiger charge is -2.03. The molecule has 1 aromatic heterocycles. The molecule has 13 heavy (non-hydrogen) atoms. The topological polar surface area (TPSA) is 0 Å². The molecule has 0 atom stereocenters. The third-order valence-corrected chi connectivity index (χ3v) is 4.99. The molecule has 0 spiro atoms. The van der Waals surface area contributed by atoms with Crippen molar-refractivity contribution in [2.75, 3.05) is 0 Å². The van der Waals surface area contributed by atoms with Gasteiger partial charge in [-0.05, 0) is 62.6 Å². The fourth-order valence-corrected chi connectivity index (χ4v) is 4.02. The molecule has 3 heteroatoms. The maximum absolute atomic E-state index is 3.60. The molecule has 0 aliphatic carbocycles. The number of aryl methyl sites for hydroxylation is 1. The quantitative estimate of drug-likeness (QED) is 0.634. The summed E-state index contributed by atoms with van der Waals surface area (Å²) in [6.45, 7) is 2.21. The van der Waals surface area contributed by atoms with Crippen molar-refractivity contribution in [1.29, 1.82) is 0 Å². The summed E-state index contributed by atoms with van der Waals surface area (Å²) in [4.78, 5) is 0. The van der Waals surface area contributed by atoms with Crippen LogP contribution in [0, 0.1) is 3.57 Å². The molecule has 1 aromatic carbocycles. The van der Waals surface area contributed by atoms with Crippen molar-refractivity contribution in [3.05, 3.63) is 31.1 Å². The van der Waals surface area contributed by atoms with Crippen LogP contribution in [-0.4, -0.2) is 0 Å². The van der Waals surface area contributed by atoms with E-state index in [0.29, 0.717) is 0 Å². The highest BCUT2D eigenvalue weighted by atomic mass is 127. The molecule has 0 saturated heterocycles. The number of hydrogen-bond donors (Lipinski definition) is 0. The Labute approximate surface area is 104 Å². The Kier molecular flexibility index (Phi) is 2.95. The van der Waals surface area contributed by atoms with Gasteiger partial charge in [0.05, 0.1) is 0 Å². The van der Waals surface area contributed by atoms with Gasteiger partial charge in [-0.1, -0.05) is 6.92 Å². The van der Waals surface area contributed by atoms with E-state index in [2.05, 4.69) is 63.0 Å². The van der Waals surface area contributed by atoms with Gasteiger partial charge in [-0.25, -0.2) is 0 Å². The minimum atomic E-state index is 1.10. The largest absolute Gasteiger partial charge is 0.143 e. The van der Waals surface area contributed by atoms with Crippen molar-refractivity contribution in [2.24, 2.45) is 0 Å². The Morgan fingerprint density at radius 2 is 2.23 bits per heavy atom. The zero-order valence-electron chi connectivity index (χ0n) is 7.10. The summed E-state index contributed by atoms with van der Waals surface area (Å²) in [6.07, 6.45) is 1.10. The maximum Gasteiger partial charge on any atom is 0.0364 e. The van der Waals surface area contributed by atoms with Crippen LogP contribution in [0.15, 0.2) is 22.0 Å². The smallest absolute Gasteiger partial charge is 0.0364 e. The third-order valence-electron chi connectivity index (χ3n) is 2.10. The Balaban J connectivity index is 2.88. The fraction of sp³-hybridized carbons (Fsp3) is 0.200. The number of halogens is 2. The first-order valence-electron chi connectivity index (χ1n) is 4.08. The molecule has 0 radical (unpaired) electrons. The molecule has 2 rings (SSSR count). The van der Waals surface area contributed by atoms with Crippen LogP contribution in [0.1, 0.15) is 12.5 Å². The van der Waals surface area contributed by atoms with Crippen molar-refractivity contribution in [1.82, 2.24) is 0 Å². The van der Waals surface area contributed by atoms with Crippen molar-refractivity contribution in [2.45, 2.75) is 13.3 Å². The summed E-state index contributed by atoms with van der Waals surface area (Å²) in [7, 11) is 0. The van der Waals surface area contributed by atoms with Crippen LogP contribution in [0.4, 0.5) is 0 Å². The molecule has 0 aliphatic heterocycles. The molecule has 68 valence electrons. The van der Waals surface area contributed by atoms with Gasteiger partial charge in [0.15, 0.2) is 0 Å². The zero-order chi connectivity index (χ0) is 9.42. The van der Waals surface area contributed by atoms with Crippen LogP contribution in [0.2, 0.25) is 0 Å². The van der Waals surface area contributed by atoms with Crippen LogP contribution in [0.5, 0.6) is 0 Å². The molecule has 0 N–H and O–H groups in total. The van der Waals surface area contributed by atoms with Gasteiger partial charge < -0.3 is 0 Å². The Morgan fingerprint density at radius 1 is 1.46 bits per heavy atom. The number of thiophene rings is 1. The molecule has 0 fully saturated rings. The van der Waals surface area contributed by atoms with Crippen LogP contribution in [0.3, 0.4) is 0 Å². The highest BCUT2D eigenvalue weighted by Gasteiger charge is 2.08. The van der Waals surface area contributed by atoms with E-state index < -0.39 is 0 Å². The summed E-state index contributed by atoms with van der Waals surface area (Å²) in [5, 5.41) is 3.57. The Bertz CT molecular complexity index is 447. The van der Waals surface area contributed by atoms with Crippen molar-refractivity contribution < 1.29 is 0 Å². The van der Waals surface area contributed by atoms with Crippen molar-refractivity contribution in [3.8, 4) is 0 Å². The van der Waals surface area contributed by atoms with Crippen LogP contribution < -0.4 is 0 Å². The minimum absolute atomic E-state index is 1.10. The second-order valence-corrected chi connectivity index (χ2v) is 5.76. The predicted molar refractivity (Wildman–Crippen MR) is 71.6 cm³/mol. The van der Waals surface area contributed by atoms with Crippen molar-refractivity contribution >= 4 is 59.9 Å². The summed E-state index contributed by atoms with van der Waals surface area (Å²) >= 11 is 7.81. The van der Waals surface area contributed by atoms with E-state index in [1.54, 1.807) is 11.3 Å². The first kappa shape index (κ1) is 9.93. The third kappa shape index (κ3) is 1.66. The van der Waals surface area contributed by atoms with Gasteiger partial charge in [0, 0.05) is 23.5 Å². The summed E-state index contributed by atoms with van der Waals surface area (Å²) < 4.78 is 3.98. The molecule has 1 heterocycles. The lowest BCUT2D eigenvalue weighted by Crippen LogP contribution is -1.86. The zero-order valence-corrected chi connectivity index (χ0v) is 11.7. The van der Waals surface area contributed by atoms with Gasteiger partial charge >= 0.3 is 0 Å². The van der Waals surface area contributed by atoms with E-state index in [-0.39, 0.29) is 0 Å². The minimum Gasteiger partial charge on any atom is -0.143 e. The molecular formula is C10H8BrIS. The standard InChI is InChI=1S/C10H8BrIS/c1-2-6-8(12)3-4-9-10(6)7(11)5-13-9/h3-5H,2H2,1H3. The summed E-state index contributed by atoms with van der Waals surface area (Å²) in [6, 6.07) is 4.40. The van der Waals surface area contributed by atoms with Gasteiger partial charge in [0.1, 0.15) is 0 Å². The van der Waals surface area contributed by atoms with E-state index >= 15 is 0 Å². The predicted octanol–water partition coefficient (Wildman–Crippen LogP) is 4.83. The van der Waals surface area contributed by atoms with E-state index in [1.807, 2.05) is 0 Å². The van der Waals surface area contributed by atoms with Crippen molar-refractivity contribution in [3.63, 3.8) is 0 Å². The van der Waals surface area contributed by atoms with Crippen LogP contribution in [-0.2, 0) is 6.42 Å². The molecular weight excluding hydrogens is 359 g/mol. The highest BCUT2D eigenvalue weighted by Crippen LogP contribution is 2.35. The molecule has 0 bridgehead atoms. The number of fused-ring (bicyclic) bond motifs is 1. The van der Waals surface area contributed by atoms with Gasteiger partial charge in [-0.2, -0.15) is 0 Å². The summed E-state index contributed by atoms with van der Waals surface area (Å²) in [5.41, 5.74) is 1.46. The number of rotatable bonds is 1. The second-order valence-electron chi connectivity index (χ2n) is 2.84. The molecule has 0 nitrogen and oxygen atoms in total. The average Bonchev–Trinajstić information content (AvgIpc) is 2.49. The highest BCUT2D eigenvalue weighted by molar-refractivity contribution is 14.1. The lowest BCUT2D eigenvalue weighted by molar-refractivity contribution is 1.15. The Hall–Kier alpha value is 0.390. The lowest BCUT2D eigenvalue weighted by atomic mass is 10.1. The summed E-state index contributed by atoms with van der Waals surface area (Å²) in [5.74, 6) is 0. The fourth-order valence-electron chi connectivity index (χ4n) is 1.48. The van der Waals surface area contributed by atoms with Gasteiger partial charge in [0.2, 0.25) is 0 Å². The molecule has 0 unspecified atom stereocenters. The number of hydrogen-bond acceptors (Lipinski definition) is 1. The molecule has 0 saturated carbocycles. The normalized spacial score (nSPS) is 11.0. The Morgan fingerprint density at radius 3 is 2.92 bits per heavy atom. The van der Waals surface area contributed by atoms with Gasteiger partial charge in [-0.15, -0.1) is 11.3 Å². The van der Waals surface area contributed by atoms with E-state index in [4.69, 9.17) is 0 Å². The van der Waals surface area contributed by atoms with Gasteiger partial charge in [0.25, 0.3) is 0 Å².